The molecule has 7 heteroatoms. The standard InChI is InChI=1S/C21H24FN3O3/c1-11(2)17-18-14(8-16(22)19(17)24-7-3-4-12(23)9-24)20(26)15(21(27)28)10-25(18)13-5-6-13/h8,10,12-13H,1,3-7,9,23H2,2H3,(H,27,28). The van der Waals surface area contributed by atoms with Crippen molar-refractivity contribution >= 4 is 28.1 Å². The van der Waals surface area contributed by atoms with Gasteiger partial charge in [0, 0.05) is 36.9 Å². The summed E-state index contributed by atoms with van der Waals surface area (Å²) in [6.07, 6.45) is 4.95. The Hall–Kier alpha value is -2.67. The molecule has 1 atom stereocenters. The molecule has 6 nitrogen and oxygen atoms in total. The minimum atomic E-state index is -1.30. The van der Waals surface area contributed by atoms with Crippen molar-refractivity contribution in [2.75, 3.05) is 18.0 Å². The Morgan fingerprint density at radius 3 is 2.64 bits per heavy atom. The van der Waals surface area contributed by atoms with Gasteiger partial charge in [0.25, 0.3) is 0 Å². The van der Waals surface area contributed by atoms with Crippen molar-refractivity contribution in [3.63, 3.8) is 0 Å². The third-order valence-electron chi connectivity index (χ3n) is 5.61. The smallest absolute Gasteiger partial charge is 0.341 e. The van der Waals surface area contributed by atoms with E-state index in [-0.39, 0.29) is 23.0 Å². The Balaban J connectivity index is 2.09. The first kappa shape index (κ1) is 18.7. The van der Waals surface area contributed by atoms with E-state index in [1.54, 1.807) is 6.92 Å². The molecule has 1 aromatic carbocycles. The average Bonchev–Trinajstić information content (AvgIpc) is 3.46. The minimum Gasteiger partial charge on any atom is -0.477 e. The number of carboxylic acids is 1. The highest BCUT2D eigenvalue weighted by molar-refractivity contribution is 6.00. The third-order valence-corrected chi connectivity index (χ3v) is 5.61. The zero-order valence-corrected chi connectivity index (χ0v) is 15.9. The normalized spacial score (nSPS) is 19.8. The van der Waals surface area contributed by atoms with Crippen molar-refractivity contribution in [2.24, 2.45) is 5.73 Å². The summed E-state index contributed by atoms with van der Waals surface area (Å²) in [5.74, 6) is -1.84. The van der Waals surface area contributed by atoms with Gasteiger partial charge in [0.1, 0.15) is 11.4 Å². The molecular weight excluding hydrogens is 361 g/mol. The highest BCUT2D eigenvalue weighted by Crippen LogP contribution is 2.42. The number of hydrogen-bond donors (Lipinski definition) is 2. The van der Waals surface area contributed by atoms with E-state index in [9.17, 15) is 14.7 Å². The molecule has 1 aliphatic carbocycles. The van der Waals surface area contributed by atoms with Crippen molar-refractivity contribution < 1.29 is 14.3 Å². The van der Waals surface area contributed by atoms with Crippen LogP contribution < -0.4 is 16.1 Å². The lowest BCUT2D eigenvalue weighted by Gasteiger charge is -2.35. The first-order chi connectivity index (χ1) is 13.3. The quantitative estimate of drug-likeness (QED) is 0.844. The number of piperidine rings is 1. The van der Waals surface area contributed by atoms with Crippen LogP contribution >= 0.6 is 0 Å². The van der Waals surface area contributed by atoms with Gasteiger partial charge in [-0.15, -0.1) is 0 Å². The van der Waals surface area contributed by atoms with E-state index < -0.39 is 17.2 Å². The molecule has 0 bridgehead atoms. The van der Waals surface area contributed by atoms with Crippen LogP contribution in [0.2, 0.25) is 0 Å². The number of rotatable bonds is 4. The van der Waals surface area contributed by atoms with Gasteiger partial charge in [-0.1, -0.05) is 6.58 Å². The van der Waals surface area contributed by atoms with E-state index in [1.165, 1.54) is 12.3 Å². The summed E-state index contributed by atoms with van der Waals surface area (Å²) >= 11 is 0. The minimum absolute atomic E-state index is 0.0400. The molecule has 1 unspecified atom stereocenters. The predicted octanol–water partition coefficient (Wildman–Crippen LogP) is 3.13. The first-order valence-electron chi connectivity index (χ1n) is 9.60. The summed E-state index contributed by atoms with van der Waals surface area (Å²) in [7, 11) is 0. The molecule has 1 saturated carbocycles. The maximum atomic E-state index is 15.3. The number of nitrogens with zero attached hydrogens (tertiary/aromatic N) is 2. The van der Waals surface area contributed by atoms with Crippen LogP contribution in [0.1, 0.15) is 54.6 Å². The van der Waals surface area contributed by atoms with Crippen LogP contribution in [0.5, 0.6) is 0 Å². The maximum Gasteiger partial charge on any atom is 0.341 e. The van der Waals surface area contributed by atoms with Crippen molar-refractivity contribution in [3.05, 3.63) is 46.0 Å². The van der Waals surface area contributed by atoms with E-state index in [0.717, 1.165) is 25.7 Å². The van der Waals surface area contributed by atoms with Gasteiger partial charge in [-0.05, 0) is 44.2 Å². The topological polar surface area (TPSA) is 88.6 Å². The molecule has 148 valence electrons. The molecule has 0 radical (unpaired) electrons. The second-order valence-electron chi connectivity index (χ2n) is 7.92. The number of fused-ring (bicyclic) bond motifs is 1. The molecule has 2 fully saturated rings. The molecule has 0 amide bonds. The Labute approximate surface area is 162 Å². The van der Waals surface area contributed by atoms with Crippen molar-refractivity contribution in [1.29, 1.82) is 0 Å². The van der Waals surface area contributed by atoms with E-state index in [2.05, 4.69) is 6.58 Å². The van der Waals surface area contributed by atoms with Gasteiger partial charge < -0.3 is 20.3 Å². The largest absolute Gasteiger partial charge is 0.477 e. The van der Waals surface area contributed by atoms with E-state index in [1.807, 2.05) is 9.47 Å². The van der Waals surface area contributed by atoms with Gasteiger partial charge >= 0.3 is 5.97 Å². The molecule has 2 aliphatic rings. The van der Waals surface area contributed by atoms with Crippen LogP contribution in [0.4, 0.5) is 10.1 Å². The summed E-state index contributed by atoms with van der Waals surface area (Å²) < 4.78 is 17.1. The fraction of sp³-hybridized carbons (Fsp3) is 0.429. The van der Waals surface area contributed by atoms with Gasteiger partial charge in [-0.25, -0.2) is 9.18 Å². The Kier molecular flexibility index (Phi) is 4.50. The summed E-state index contributed by atoms with van der Waals surface area (Å²) in [6.45, 7) is 7.04. The number of halogens is 1. The summed E-state index contributed by atoms with van der Waals surface area (Å²) in [4.78, 5) is 26.3. The number of hydrogen-bond acceptors (Lipinski definition) is 4. The van der Waals surface area contributed by atoms with Gasteiger partial charge in [-0.2, -0.15) is 0 Å². The molecule has 3 N–H and O–H groups in total. The molecule has 0 spiro atoms. The number of benzene rings is 1. The number of anilines is 1. The monoisotopic (exact) mass is 385 g/mol. The lowest BCUT2D eigenvalue weighted by molar-refractivity contribution is 0.0695. The predicted molar refractivity (Wildman–Crippen MR) is 108 cm³/mol. The summed E-state index contributed by atoms with van der Waals surface area (Å²) in [5, 5.41) is 9.53. The zero-order chi connectivity index (χ0) is 20.2. The maximum absolute atomic E-state index is 15.3. The molecular formula is C21H24FN3O3. The third kappa shape index (κ3) is 2.99. The summed E-state index contributed by atoms with van der Waals surface area (Å²) in [6, 6.07) is 1.26. The van der Waals surface area contributed by atoms with Crippen LogP contribution in [0.25, 0.3) is 16.5 Å². The van der Waals surface area contributed by atoms with Gasteiger partial charge in [0.2, 0.25) is 5.43 Å². The highest BCUT2D eigenvalue weighted by Gasteiger charge is 2.31. The first-order valence-corrected chi connectivity index (χ1v) is 9.60. The Bertz CT molecular complexity index is 1060. The number of aromatic carboxylic acids is 1. The molecule has 28 heavy (non-hydrogen) atoms. The van der Waals surface area contributed by atoms with Crippen molar-refractivity contribution in [3.8, 4) is 0 Å². The van der Waals surface area contributed by atoms with E-state index in [4.69, 9.17) is 5.73 Å². The molecule has 4 rings (SSSR count). The van der Waals surface area contributed by atoms with Crippen LogP contribution in [0.3, 0.4) is 0 Å². The number of carboxylic acid groups (broad SMARTS) is 1. The zero-order valence-electron chi connectivity index (χ0n) is 15.9. The molecule has 2 heterocycles. The van der Waals surface area contributed by atoms with Gasteiger partial charge in [0.15, 0.2) is 0 Å². The number of aromatic nitrogens is 1. The van der Waals surface area contributed by atoms with Crippen molar-refractivity contribution in [2.45, 2.75) is 44.7 Å². The lowest BCUT2D eigenvalue weighted by Crippen LogP contribution is -2.43. The Morgan fingerprint density at radius 1 is 1.36 bits per heavy atom. The Morgan fingerprint density at radius 2 is 2.07 bits per heavy atom. The fourth-order valence-corrected chi connectivity index (χ4v) is 4.20. The van der Waals surface area contributed by atoms with Gasteiger partial charge in [-0.3, -0.25) is 4.79 Å². The van der Waals surface area contributed by atoms with Crippen LogP contribution in [0.15, 0.2) is 23.6 Å². The molecule has 1 saturated heterocycles. The highest BCUT2D eigenvalue weighted by atomic mass is 19.1. The molecule has 1 aliphatic heterocycles. The van der Waals surface area contributed by atoms with Crippen LogP contribution in [0, 0.1) is 5.82 Å². The molecule has 1 aromatic heterocycles. The lowest BCUT2D eigenvalue weighted by atomic mass is 9.96. The number of nitrogens with two attached hydrogens (primary N) is 1. The van der Waals surface area contributed by atoms with Crippen LogP contribution in [-0.2, 0) is 0 Å². The second kappa shape index (κ2) is 6.74. The molecule has 2 aromatic rings. The van der Waals surface area contributed by atoms with Gasteiger partial charge in [0.05, 0.1) is 16.6 Å². The van der Waals surface area contributed by atoms with Crippen LogP contribution in [-0.4, -0.2) is 34.8 Å². The number of allylic oxidation sites excluding steroid dienone is 1. The van der Waals surface area contributed by atoms with E-state index >= 15 is 4.39 Å². The fourth-order valence-electron chi connectivity index (χ4n) is 4.20. The number of pyridine rings is 1. The van der Waals surface area contributed by atoms with E-state index in [0.29, 0.717) is 35.4 Å². The SMILES string of the molecule is C=C(C)c1c(N2CCCC(N)C2)c(F)cc2c(=O)c(C(=O)O)cn(C3CC3)c12. The van der Waals surface area contributed by atoms with Crippen molar-refractivity contribution in [1.82, 2.24) is 4.57 Å². The number of carbonyl (C=O) groups is 1. The summed E-state index contributed by atoms with van der Waals surface area (Å²) in [5.41, 5.74) is 7.30. The average molecular weight is 385 g/mol. The second-order valence-corrected chi connectivity index (χ2v) is 7.92.